The fourth-order valence-corrected chi connectivity index (χ4v) is 2.71. The molecule has 1 N–H and O–H groups in total. The molecule has 0 radical (unpaired) electrons. The molecule has 2 heterocycles. The standard InChI is InChI=1S/C17H21N3O/c1-4-8-19-16-14(18-9-10-20-16)13-7-5-6-12-11-17(2,3)21-15(12)13/h5-7,9-10H,4,8,11H2,1-3H3,(H,19,20). The maximum Gasteiger partial charge on any atom is 0.152 e. The van der Waals surface area contributed by atoms with Crippen LogP contribution < -0.4 is 10.1 Å². The Kier molecular flexibility index (Phi) is 3.53. The van der Waals surface area contributed by atoms with E-state index in [-0.39, 0.29) is 5.60 Å². The van der Waals surface area contributed by atoms with Gasteiger partial charge in [0.15, 0.2) is 5.82 Å². The first-order valence-electron chi connectivity index (χ1n) is 7.47. The van der Waals surface area contributed by atoms with Gasteiger partial charge in [-0.15, -0.1) is 0 Å². The van der Waals surface area contributed by atoms with Gasteiger partial charge < -0.3 is 10.1 Å². The van der Waals surface area contributed by atoms with Gasteiger partial charge >= 0.3 is 0 Å². The van der Waals surface area contributed by atoms with Crippen LogP contribution in [0.5, 0.6) is 5.75 Å². The van der Waals surface area contributed by atoms with E-state index in [0.717, 1.165) is 42.2 Å². The monoisotopic (exact) mass is 283 g/mol. The van der Waals surface area contributed by atoms with Crippen LogP contribution in [0.3, 0.4) is 0 Å². The summed E-state index contributed by atoms with van der Waals surface area (Å²) in [4.78, 5) is 8.95. The first-order valence-corrected chi connectivity index (χ1v) is 7.47. The molecule has 110 valence electrons. The van der Waals surface area contributed by atoms with Crippen LogP contribution in [-0.2, 0) is 6.42 Å². The summed E-state index contributed by atoms with van der Waals surface area (Å²) in [5.41, 5.74) is 2.97. The minimum absolute atomic E-state index is 0.155. The van der Waals surface area contributed by atoms with Crippen molar-refractivity contribution in [3.05, 3.63) is 36.2 Å². The largest absolute Gasteiger partial charge is 0.487 e. The average molecular weight is 283 g/mol. The third-order valence-corrected chi connectivity index (χ3v) is 3.59. The quantitative estimate of drug-likeness (QED) is 0.930. The number of hydrogen-bond donors (Lipinski definition) is 1. The van der Waals surface area contributed by atoms with Gasteiger partial charge in [-0.25, -0.2) is 4.98 Å². The normalized spacial score (nSPS) is 15.4. The molecule has 0 aliphatic carbocycles. The lowest BCUT2D eigenvalue weighted by Gasteiger charge is -2.18. The highest BCUT2D eigenvalue weighted by atomic mass is 16.5. The summed E-state index contributed by atoms with van der Waals surface area (Å²) < 4.78 is 6.14. The van der Waals surface area contributed by atoms with E-state index in [1.165, 1.54) is 5.56 Å². The Balaban J connectivity index is 2.05. The number of ether oxygens (including phenoxy) is 1. The van der Waals surface area contributed by atoms with Gasteiger partial charge in [-0.05, 0) is 31.9 Å². The summed E-state index contributed by atoms with van der Waals surface area (Å²) in [5, 5.41) is 3.34. The zero-order valence-corrected chi connectivity index (χ0v) is 12.8. The second-order valence-corrected chi connectivity index (χ2v) is 6.01. The Hall–Kier alpha value is -2.10. The number of rotatable bonds is 4. The molecule has 0 amide bonds. The maximum atomic E-state index is 6.14. The molecule has 1 aliphatic rings. The Morgan fingerprint density at radius 1 is 1.24 bits per heavy atom. The molecule has 0 fully saturated rings. The average Bonchev–Trinajstić information content (AvgIpc) is 2.79. The molecule has 0 unspecified atom stereocenters. The van der Waals surface area contributed by atoms with E-state index in [0.29, 0.717) is 0 Å². The molecule has 0 spiro atoms. The molecule has 4 heteroatoms. The molecule has 21 heavy (non-hydrogen) atoms. The Morgan fingerprint density at radius 2 is 2.05 bits per heavy atom. The second kappa shape index (κ2) is 5.35. The number of aromatic nitrogens is 2. The van der Waals surface area contributed by atoms with E-state index in [2.05, 4.69) is 54.3 Å². The smallest absolute Gasteiger partial charge is 0.152 e. The molecule has 1 aromatic heterocycles. The molecular formula is C17H21N3O. The van der Waals surface area contributed by atoms with Crippen LogP contribution in [0.15, 0.2) is 30.6 Å². The lowest BCUT2D eigenvalue weighted by molar-refractivity contribution is 0.139. The van der Waals surface area contributed by atoms with E-state index in [1.54, 1.807) is 12.4 Å². The molecule has 1 aliphatic heterocycles. The SMILES string of the molecule is CCCNc1nccnc1-c1cccc2c1OC(C)(C)C2. The number of fused-ring (bicyclic) bond motifs is 1. The van der Waals surface area contributed by atoms with E-state index >= 15 is 0 Å². The van der Waals surface area contributed by atoms with Gasteiger partial charge in [-0.3, -0.25) is 4.98 Å². The highest BCUT2D eigenvalue weighted by molar-refractivity contribution is 5.78. The van der Waals surface area contributed by atoms with Crippen LogP contribution in [0.4, 0.5) is 5.82 Å². The van der Waals surface area contributed by atoms with Crippen LogP contribution in [0.25, 0.3) is 11.3 Å². The summed E-state index contributed by atoms with van der Waals surface area (Å²) >= 11 is 0. The molecule has 1 aromatic carbocycles. The number of benzene rings is 1. The van der Waals surface area contributed by atoms with Gasteiger partial charge in [0.1, 0.15) is 17.0 Å². The lowest BCUT2D eigenvalue weighted by atomic mass is 9.99. The molecule has 3 rings (SSSR count). The van der Waals surface area contributed by atoms with Crippen molar-refractivity contribution in [2.24, 2.45) is 0 Å². The third kappa shape index (κ3) is 2.71. The fraction of sp³-hybridized carbons (Fsp3) is 0.412. The highest BCUT2D eigenvalue weighted by Crippen LogP contribution is 2.42. The number of anilines is 1. The maximum absolute atomic E-state index is 6.14. The van der Waals surface area contributed by atoms with Crippen LogP contribution in [-0.4, -0.2) is 22.1 Å². The van der Waals surface area contributed by atoms with Crippen molar-refractivity contribution < 1.29 is 4.74 Å². The number of nitrogens with zero attached hydrogens (tertiary/aromatic N) is 2. The predicted octanol–water partition coefficient (Wildman–Crippen LogP) is 3.68. The fourth-order valence-electron chi connectivity index (χ4n) is 2.71. The third-order valence-electron chi connectivity index (χ3n) is 3.59. The van der Waals surface area contributed by atoms with Gasteiger partial charge in [0.2, 0.25) is 0 Å². The summed E-state index contributed by atoms with van der Waals surface area (Å²) in [6.45, 7) is 7.25. The van der Waals surface area contributed by atoms with Crippen molar-refractivity contribution in [2.45, 2.75) is 39.2 Å². The summed E-state index contributed by atoms with van der Waals surface area (Å²) in [6, 6.07) is 6.25. The van der Waals surface area contributed by atoms with Crippen LogP contribution in [0.2, 0.25) is 0 Å². The summed E-state index contributed by atoms with van der Waals surface area (Å²) in [6.07, 6.45) is 5.42. The van der Waals surface area contributed by atoms with E-state index in [9.17, 15) is 0 Å². The number of hydrogen-bond acceptors (Lipinski definition) is 4. The Morgan fingerprint density at radius 3 is 2.86 bits per heavy atom. The zero-order chi connectivity index (χ0) is 14.9. The van der Waals surface area contributed by atoms with Crippen molar-refractivity contribution in [1.82, 2.24) is 9.97 Å². The summed E-state index contributed by atoms with van der Waals surface area (Å²) in [5.74, 6) is 1.77. The predicted molar refractivity (Wildman–Crippen MR) is 84.7 cm³/mol. The first kappa shape index (κ1) is 13.9. The zero-order valence-electron chi connectivity index (χ0n) is 12.8. The molecule has 0 saturated carbocycles. The van der Waals surface area contributed by atoms with E-state index in [4.69, 9.17) is 4.74 Å². The molecule has 0 bridgehead atoms. The van der Waals surface area contributed by atoms with Gasteiger partial charge in [0.25, 0.3) is 0 Å². The minimum Gasteiger partial charge on any atom is -0.487 e. The molecule has 0 atom stereocenters. The van der Waals surface area contributed by atoms with Crippen LogP contribution >= 0.6 is 0 Å². The number of para-hydroxylation sites is 1. The van der Waals surface area contributed by atoms with Gasteiger partial charge in [-0.2, -0.15) is 0 Å². The van der Waals surface area contributed by atoms with E-state index < -0.39 is 0 Å². The number of nitrogens with one attached hydrogen (secondary N) is 1. The first-order chi connectivity index (χ1) is 10.1. The van der Waals surface area contributed by atoms with Crippen LogP contribution in [0.1, 0.15) is 32.8 Å². The van der Waals surface area contributed by atoms with Crippen molar-refractivity contribution in [3.63, 3.8) is 0 Å². The molecule has 2 aromatic rings. The molecule has 4 nitrogen and oxygen atoms in total. The van der Waals surface area contributed by atoms with Crippen molar-refractivity contribution in [3.8, 4) is 17.0 Å². The van der Waals surface area contributed by atoms with Crippen LogP contribution in [0, 0.1) is 0 Å². The molecular weight excluding hydrogens is 262 g/mol. The van der Waals surface area contributed by atoms with Crippen molar-refractivity contribution >= 4 is 5.82 Å². The minimum atomic E-state index is -0.155. The Labute approximate surface area is 125 Å². The second-order valence-electron chi connectivity index (χ2n) is 6.01. The molecule has 0 saturated heterocycles. The lowest BCUT2D eigenvalue weighted by Crippen LogP contribution is -2.24. The summed E-state index contributed by atoms with van der Waals surface area (Å²) in [7, 11) is 0. The highest BCUT2D eigenvalue weighted by Gasteiger charge is 2.32. The van der Waals surface area contributed by atoms with Crippen molar-refractivity contribution in [1.29, 1.82) is 0 Å². The topological polar surface area (TPSA) is 47.0 Å². The van der Waals surface area contributed by atoms with E-state index in [1.807, 2.05) is 0 Å². The van der Waals surface area contributed by atoms with Gasteiger partial charge in [-0.1, -0.05) is 19.1 Å². The Bertz CT molecular complexity index is 652. The van der Waals surface area contributed by atoms with Crippen molar-refractivity contribution in [2.75, 3.05) is 11.9 Å². The van der Waals surface area contributed by atoms with Gasteiger partial charge in [0.05, 0.1) is 0 Å². The van der Waals surface area contributed by atoms with Gasteiger partial charge in [0, 0.05) is 30.9 Å².